The number of fused-ring (bicyclic) bond motifs is 2. The van der Waals surface area contributed by atoms with Crippen LogP contribution in [0.5, 0.6) is 0 Å². The first-order valence-electron chi connectivity index (χ1n) is 9.43. The Morgan fingerprint density at radius 1 is 1.22 bits per heavy atom. The van der Waals surface area contributed by atoms with Crippen LogP contribution in [0.3, 0.4) is 0 Å². The number of pyridine rings is 1. The molecule has 4 rings (SSSR count). The molecule has 1 N–H and O–H groups in total. The number of hydrogen-bond acceptors (Lipinski definition) is 4. The van der Waals surface area contributed by atoms with E-state index in [1.807, 2.05) is 18.3 Å². The molecule has 6 heteroatoms. The SMILES string of the molecule is Cc1cc(C(=O)NCCCc2nc3c(s2)CCCC3)c2ccc(F)cc2n1. The van der Waals surface area contributed by atoms with Crippen molar-refractivity contribution in [3.63, 3.8) is 0 Å². The van der Waals surface area contributed by atoms with Gasteiger partial charge in [0.2, 0.25) is 0 Å². The Labute approximate surface area is 161 Å². The largest absolute Gasteiger partial charge is 0.352 e. The van der Waals surface area contributed by atoms with E-state index >= 15 is 0 Å². The second-order valence-corrected chi connectivity index (χ2v) is 8.18. The maximum Gasteiger partial charge on any atom is 0.252 e. The number of aryl methyl sites for hydroxylation is 4. The molecular weight excluding hydrogens is 361 g/mol. The Morgan fingerprint density at radius 2 is 2.07 bits per heavy atom. The molecule has 140 valence electrons. The van der Waals surface area contributed by atoms with Crippen molar-refractivity contribution < 1.29 is 9.18 Å². The first-order valence-corrected chi connectivity index (χ1v) is 10.2. The molecule has 0 unspecified atom stereocenters. The summed E-state index contributed by atoms with van der Waals surface area (Å²) in [6.45, 7) is 2.40. The molecule has 2 aromatic heterocycles. The van der Waals surface area contributed by atoms with Crippen LogP contribution in [0, 0.1) is 12.7 Å². The van der Waals surface area contributed by atoms with E-state index in [2.05, 4.69) is 10.3 Å². The summed E-state index contributed by atoms with van der Waals surface area (Å²) in [4.78, 5) is 23.1. The standard InChI is InChI=1S/C21H22FN3OS/c1-13-11-16(15-9-8-14(22)12-18(15)24-13)21(26)23-10-4-7-20-25-17-5-2-3-6-19(17)27-20/h8-9,11-12H,2-7,10H2,1H3,(H,23,26). The summed E-state index contributed by atoms with van der Waals surface area (Å²) < 4.78 is 13.5. The smallest absolute Gasteiger partial charge is 0.252 e. The number of thiazole rings is 1. The molecule has 1 aliphatic carbocycles. The normalized spacial score (nSPS) is 13.6. The second-order valence-electron chi connectivity index (χ2n) is 7.02. The van der Waals surface area contributed by atoms with Gasteiger partial charge in [-0.1, -0.05) is 0 Å². The number of carbonyl (C=O) groups excluding carboxylic acids is 1. The van der Waals surface area contributed by atoms with Crippen LogP contribution in [0.1, 0.15) is 50.9 Å². The summed E-state index contributed by atoms with van der Waals surface area (Å²) in [6, 6.07) is 6.10. The Balaban J connectivity index is 1.38. The minimum atomic E-state index is -0.349. The third kappa shape index (κ3) is 4.00. The minimum absolute atomic E-state index is 0.143. The van der Waals surface area contributed by atoms with Crippen LogP contribution in [-0.2, 0) is 19.3 Å². The number of amides is 1. The van der Waals surface area contributed by atoms with Crippen LogP contribution in [0.4, 0.5) is 4.39 Å². The lowest BCUT2D eigenvalue weighted by Gasteiger charge is -2.09. The van der Waals surface area contributed by atoms with Gasteiger partial charge in [0.25, 0.3) is 5.91 Å². The van der Waals surface area contributed by atoms with Crippen molar-refractivity contribution in [2.75, 3.05) is 6.54 Å². The van der Waals surface area contributed by atoms with E-state index in [1.165, 1.54) is 47.0 Å². The first-order chi connectivity index (χ1) is 13.1. The number of hydrogen-bond donors (Lipinski definition) is 1. The quantitative estimate of drug-likeness (QED) is 0.665. The van der Waals surface area contributed by atoms with Crippen molar-refractivity contribution in [2.45, 2.75) is 45.4 Å². The molecule has 0 saturated heterocycles. The van der Waals surface area contributed by atoms with Crippen LogP contribution in [0.2, 0.25) is 0 Å². The van der Waals surface area contributed by atoms with Crippen molar-refractivity contribution in [2.24, 2.45) is 0 Å². The summed E-state index contributed by atoms with van der Waals surface area (Å²) in [5.74, 6) is -0.492. The number of nitrogens with zero attached hydrogens (tertiary/aromatic N) is 2. The molecule has 3 aromatic rings. The topological polar surface area (TPSA) is 54.9 Å². The maximum absolute atomic E-state index is 13.5. The predicted molar refractivity (Wildman–Crippen MR) is 106 cm³/mol. The van der Waals surface area contributed by atoms with Gasteiger partial charge >= 0.3 is 0 Å². The molecule has 0 aliphatic heterocycles. The molecule has 0 atom stereocenters. The number of nitrogens with one attached hydrogen (secondary N) is 1. The van der Waals surface area contributed by atoms with Gasteiger partial charge in [0.15, 0.2) is 0 Å². The van der Waals surface area contributed by atoms with Gasteiger partial charge in [0.05, 0.1) is 21.8 Å². The molecule has 0 bridgehead atoms. The highest BCUT2D eigenvalue weighted by Gasteiger charge is 2.15. The van der Waals surface area contributed by atoms with Crippen molar-refractivity contribution in [3.8, 4) is 0 Å². The van der Waals surface area contributed by atoms with E-state index in [1.54, 1.807) is 12.1 Å². The Hall–Kier alpha value is -2.34. The second kappa shape index (κ2) is 7.72. The average molecular weight is 383 g/mol. The summed E-state index contributed by atoms with van der Waals surface area (Å²) >= 11 is 1.83. The molecule has 4 nitrogen and oxygen atoms in total. The molecule has 0 fully saturated rings. The van der Waals surface area contributed by atoms with E-state index in [0.717, 1.165) is 19.3 Å². The lowest BCUT2D eigenvalue weighted by atomic mass is 10.0. The Kier molecular flexibility index (Phi) is 5.16. The van der Waals surface area contributed by atoms with Gasteiger partial charge in [-0.25, -0.2) is 9.37 Å². The summed E-state index contributed by atoms with van der Waals surface area (Å²) in [7, 11) is 0. The van der Waals surface area contributed by atoms with Crippen molar-refractivity contribution >= 4 is 28.1 Å². The van der Waals surface area contributed by atoms with E-state index in [-0.39, 0.29) is 11.7 Å². The highest BCUT2D eigenvalue weighted by Crippen LogP contribution is 2.27. The lowest BCUT2D eigenvalue weighted by Crippen LogP contribution is -2.25. The lowest BCUT2D eigenvalue weighted by molar-refractivity contribution is 0.0954. The van der Waals surface area contributed by atoms with Gasteiger partial charge in [-0.05, 0) is 57.2 Å². The molecule has 2 heterocycles. The fraction of sp³-hybridized carbons (Fsp3) is 0.381. The first kappa shape index (κ1) is 18.0. The molecule has 1 aromatic carbocycles. The molecule has 0 saturated carbocycles. The zero-order valence-corrected chi connectivity index (χ0v) is 16.2. The number of carbonyl (C=O) groups is 1. The van der Waals surface area contributed by atoms with E-state index in [4.69, 9.17) is 4.98 Å². The number of rotatable bonds is 5. The van der Waals surface area contributed by atoms with Crippen LogP contribution in [0.25, 0.3) is 10.9 Å². The molecular formula is C21H22FN3OS. The highest BCUT2D eigenvalue weighted by atomic mass is 32.1. The average Bonchev–Trinajstić information content (AvgIpc) is 3.06. The molecule has 0 spiro atoms. The van der Waals surface area contributed by atoms with Crippen molar-refractivity contribution in [3.05, 3.63) is 56.9 Å². The van der Waals surface area contributed by atoms with Gasteiger partial charge in [0.1, 0.15) is 5.82 Å². The Morgan fingerprint density at radius 3 is 2.93 bits per heavy atom. The zero-order valence-electron chi connectivity index (χ0n) is 15.3. The van der Waals surface area contributed by atoms with Gasteiger partial charge in [-0.15, -0.1) is 11.3 Å². The minimum Gasteiger partial charge on any atom is -0.352 e. The predicted octanol–water partition coefficient (Wildman–Crippen LogP) is 4.38. The molecule has 27 heavy (non-hydrogen) atoms. The zero-order chi connectivity index (χ0) is 18.8. The maximum atomic E-state index is 13.5. The van der Waals surface area contributed by atoms with Gasteiger partial charge in [-0.2, -0.15) is 0 Å². The molecule has 0 radical (unpaired) electrons. The third-order valence-electron chi connectivity index (χ3n) is 4.89. The number of aromatic nitrogens is 2. The monoisotopic (exact) mass is 383 g/mol. The van der Waals surface area contributed by atoms with Crippen LogP contribution in [0.15, 0.2) is 24.3 Å². The van der Waals surface area contributed by atoms with Crippen LogP contribution in [-0.4, -0.2) is 22.4 Å². The van der Waals surface area contributed by atoms with E-state index in [9.17, 15) is 9.18 Å². The number of benzene rings is 1. The summed E-state index contributed by atoms with van der Waals surface area (Å²) in [5, 5.41) is 4.83. The third-order valence-corrected chi connectivity index (χ3v) is 6.10. The van der Waals surface area contributed by atoms with E-state index in [0.29, 0.717) is 28.7 Å². The Bertz CT molecular complexity index is 970. The van der Waals surface area contributed by atoms with Gasteiger partial charge < -0.3 is 5.32 Å². The summed E-state index contributed by atoms with van der Waals surface area (Å²) in [6.07, 6.45) is 6.54. The van der Waals surface area contributed by atoms with Crippen LogP contribution < -0.4 is 5.32 Å². The summed E-state index contributed by atoms with van der Waals surface area (Å²) in [5.41, 5.74) is 3.04. The number of halogens is 1. The van der Waals surface area contributed by atoms with Gasteiger partial charge in [-0.3, -0.25) is 9.78 Å². The van der Waals surface area contributed by atoms with Crippen molar-refractivity contribution in [1.29, 1.82) is 0 Å². The van der Waals surface area contributed by atoms with E-state index < -0.39 is 0 Å². The van der Waals surface area contributed by atoms with Crippen LogP contribution >= 0.6 is 11.3 Å². The fourth-order valence-corrected chi connectivity index (χ4v) is 4.77. The molecule has 1 aliphatic rings. The van der Waals surface area contributed by atoms with Gasteiger partial charge in [0, 0.05) is 35.0 Å². The fourth-order valence-electron chi connectivity index (χ4n) is 3.57. The highest BCUT2D eigenvalue weighted by molar-refractivity contribution is 7.11. The van der Waals surface area contributed by atoms with Crippen molar-refractivity contribution in [1.82, 2.24) is 15.3 Å². The molecule has 1 amide bonds.